The number of Topliss-reactive ketones (excluding diaryl/α,β-unsaturated/α-hetero) is 1. The van der Waals surface area contributed by atoms with Crippen molar-refractivity contribution in [1.82, 2.24) is 0 Å². The van der Waals surface area contributed by atoms with Gasteiger partial charge in [-0.3, -0.25) is 9.59 Å². The largest absolute Gasteiger partial charge is 0.480 e. The van der Waals surface area contributed by atoms with E-state index in [0.717, 1.165) is 0 Å². The molecule has 2 saturated carbocycles. The van der Waals surface area contributed by atoms with Crippen molar-refractivity contribution in [3.8, 4) is 0 Å². The van der Waals surface area contributed by atoms with Crippen LogP contribution in [0.5, 0.6) is 0 Å². The number of aliphatic carboxylic acids is 1. The minimum absolute atomic E-state index is 0.0358. The number of rotatable bonds is 1. The third-order valence-corrected chi connectivity index (χ3v) is 4.20. The second-order valence-electron chi connectivity index (χ2n) is 4.84. The Balaban J connectivity index is 2.65. The minimum atomic E-state index is -1.38. The molecule has 0 amide bonds. The molecule has 0 radical (unpaired) electrons. The van der Waals surface area contributed by atoms with Crippen molar-refractivity contribution >= 4 is 17.5 Å². The number of carboxylic acid groups (broad SMARTS) is 1. The fourth-order valence-electron chi connectivity index (χ4n) is 3.20. The van der Waals surface area contributed by atoms with Crippen LogP contribution in [-0.4, -0.2) is 27.8 Å². The number of nitrogens with zero attached hydrogens (tertiary/aromatic N) is 1. The molecule has 0 heterocycles. The maximum atomic E-state index is 11.9. The van der Waals surface area contributed by atoms with Crippen LogP contribution in [0.2, 0.25) is 0 Å². The highest BCUT2D eigenvalue weighted by Gasteiger charge is 2.72. The summed E-state index contributed by atoms with van der Waals surface area (Å²) in [5.41, 5.74) is -2.00. The monoisotopic (exact) mass is 211 g/mol. The molecular formula is C10H13NO4. The van der Waals surface area contributed by atoms with E-state index in [-0.39, 0.29) is 11.6 Å². The zero-order chi connectivity index (χ0) is 11.4. The average molecular weight is 211 g/mol. The lowest BCUT2D eigenvalue weighted by Gasteiger charge is -2.31. The van der Waals surface area contributed by atoms with Crippen LogP contribution in [0.1, 0.15) is 26.7 Å². The molecule has 2 atom stereocenters. The molecule has 0 aromatic rings. The fourth-order valence-corrected chi connectivity index (χ4v) is 3.20. The van der Waals surface area contributed by atoms with Crippen molar-refractivity contribution in [3.05, 3.63) is 0 Å². The summed E-state index contributed by atoms with van der Waals surface area (Å²) in [6.07, 6.45) is 0.947. The molecule has 82 valence electrons. The predicted molar refractivity (Wildman–Crippen MR) is 50.8 cm³/mol. The molecule has 0 spiro atoms. The lowest BCUT2D eigenvalue weighted by Crippen LogP contribution is -2.44. The molecule has 2 fully saturated rings. The molecule has 2 bridgehead atoms. The molecule has 2 N–H and O–H groups in total. The van der Waals surface area contributed by atoms with Crippen LogP contribution < -0.4 is 0 Å². The highest BCUT2D eigenvalue weighted by Crippen LogP contribution is 2.62. The summed E-state index contributed by atoms with van der Waals surface area (Å²) >= 11 is 0. The van der Waals surface area contributed by atoms with Crippen molar-refractivity contribution in [2.24, 2.45) is 21.9 Å². The molecular weight excluding hydrogens is 198 g/mol. The van der Waals surface area contributed by atoms with Crippen LogP contribution in [0.3, 0.4) is 0 Å². The SMILES string of the molecule is CC1(C)C2CCC1(C(=O)O)C(=O)/C2=N\O. The van der Waals surface area contributed by atoms with E-state index in [9.17, 15) is 14.7 Å². The van der Waals surface area contributed by atoms with Gasteiger partial charge in [0.25, 0.3) is 0 Å². The van der Waals surface area contributed by atoms with E-state index in [2.05, 4.69) is 5.16 Å². The van der Waals surface area contributed by atoms with Gasteiger partial charge in [-0.25, -0.2) is 0 Å². The quantitative estimate of drug-likeness (QED) is 0.383. The van der Waals surface area contributed by atoms with Crippen LogP contribution >= 0.6 is 0 Å². The van der Waals surface area contributed by atoms with E-state index in [1.807, 2.05) is 0 Å². The lowest BCUT2D eigenvalue weighted by molar-refractivity contribution is -0.157. The Labute approximate surface area is 86.8 Å². The number of carbonyl (C=O) groups excluding carboxylic acids is 1. The summed E-state index contributed by atoms with van der Waals surface area (Å²) in [5.74, 6) is -1.84. The van der Waals surface area contributed by atoms with E-state index >= 15 is 0 Å². The molecule has 5 nitrogen and oxygen atoms in total. The van der Waals surface area contributed by atoms with Crippen LogP contribution in [0, 0.1) is 16.7 Å². The van der Waals surface area contributed by atoms with E-state index in [1.165, 1.54) is 0 Å². The Morgan fingerprint density at radius 3 is 2.47 bits per heavy atom. The zero-order valence-electron chi connectivity index (χ0n) is 8.65. The van der Waals surface area contributed by atoms with Crippen LogP contribution in [0.15, 0.2) is 5.16 Å². The number of ketones is 1. The van der Waals surface area contributed by atoms with E-state index < -0.39 is 22.6 Å². The second-order valence-corrected chi connectivity index (χ2v) is 4.84. The van der Waals surface area contributed by atoms with Crippen LogP contribution in [0.25, 0.3) is 0 Å². The maximum absolute atomic E-state index is 11.9. The predicted octanol–water partition coefficient (Wildman–Crippen LogP) is 0.906. The Bertz CT molecular complexity index is 385. The highest BCUT2D eigenvalue weighted by molar-refractivity contribution is 6.49. The molecule has 0 aliphatic heterocycles. The van der Waals surface area contributed by atoms with Crippen molar-refractivity contribution in [2.75, 3.05) is 0 Å². The molecule has 2 rings (SSSR count). The van der Waals surface area contributed by atoms with Gasteiger partial charge in [-0.1, -0.05) is 19.0 Å². The normalized spacial score (nSPS) is 40.0. The van der Waals surface area contributed by atoms with E-state index in [1.54, 1.807) is 13.8 Å². The summed E-state index contributed by atoms with van der Waals surface area (Å²) in [5, 5.41) is 21.0. The first-order valence-corrected chi connectivity index (χ1v) is 4.89. The average Bonchev–Trinajstić information content (AvgIpc) is 2.49. The third-order valence-electron chi connectivity index (χ3n) is 4.20. The van der Waals surface area contributed by atoms with Gasteiger partial charge in [0.15, 0.2) is 5.78 Å². The molecule has 15 heavy (non-hydrogen) atoms. The summed E-state index contributed by atoms with van der Waals surface area (Å²) in [6.45, 7) is 3.52. The molecule has 0 saturated heterocycles. The first-order valence-electron chi connectivity index (χ1n) is 4.89. The number of hydrogen-bond donors (Lipinski definition) is 2. The van der Waals surface area contributed by atoms with Crippen LogP contribution in [0.4, 0.5) is 0 Å². The Hall–Kier alpha value is -1.39. The molecule has 2 unspecified atom stereocenters. The Morgan fingerprint density at radius 2 is 2.13 bits per heavy atom. The van der Waals surface area contributed by atoms with Gasteiger partial charge in [-0.15, -0.1) is 0 Å². The summed E-state index contributed by atoms with van der Waals surface area (Å²) in [7, 11) is 0. The fraction of sp³-hybridized carbons (Fsp3) is 0.700. The zero-order valence-corrected chi connectivity index (χ0v) is 8.65. The first kappa shape index (κ1) is 10.1. The number of fused-ring (bicyclic) bond motifs is 2. The van der Waals surface area contributed by atoms with Gasteiger partial charge in [-0.05, 0) is 18.3 Å². The van der Waals surface area contributed by atoms with Gasteiger partial charge in [0.2, 0.25) is 0 Å². The summed E-state index contributed by atoms with van der Waals surface area (Å²) < 4.78 is 0. The van der Waals surface area contributed by atoms with Crippen molar-refractivity contribution < 1.29 is 19.9 Å². The van der Waals surface area contributed by atoms with Crippen molar-refractivity contribution in [2.45, 2.75) is 26.7 Å². The van der Waals surface area contributed by atoms with Gasteiger partial charge < -0.3 is 10.3 Å². The maximum Gasteiger partial charge on any atom is 0.318 e. The molecule has 0 aromatic heterocycles. The topological polar surface area (TPSA) is 87.0 Å². The number of oxime groups is 1. The molecule has 0 aromatic carbocycles. The third kappa shape index (κ3) is 0.820. The van der Waals surface area contributed by atoms with Gasteiger partial charge >= 0.3 is 5.97 Å². The highest BCUT2D eigenvalue weighted by atomic mass is 16.4. The van der Waals surface area contributed by atoms with E-state index in [4.69, 9.17) is 5.21 Å². The lowest BCUT2D eigenvalue weighted by atomic mass is 9.69. The van der Waals surface area contributed by atoms with Gasteiger partial charge in [0, 0.05) is 5.92 Å². The number of hydrogen-bond acceptors (Lipinski definition) is 4. The second kappa shape index (κ2) is 2.59. The minimum Gasteiger partial charge on any atom is -0.480 e. The van der Waals surface area contributed by atoms with E-state index in [0.29, 0.717) is 12.8 Å². The smallest absolute Gasteiger partial charge is 0.318 e. The van der Waals surface area contributed by atoms with Crippen molar-refractivity contribution in [1.29, 1.82) is 0 Å². The molecule has 5 heteroatoms. The van der Waals surface area contributed by atoms with Crippen LogP contribution in [-0.2, 0) is 9.59 Å². The Morgan fingerprint density at radius 1 is 1.53 bits per heavy atom. The van der Waals surface area contributed by atoms with Crippen molar-refractivity contribution in [3.63, 3.8) is 0 Å². The number of carbonyl (C=O) groups is 2. The summed E-state index contributed by atoms with van der Waals surface area (Å²) in [6, 6.07) is 0. The number of carboxylic acids is 1. The molecule has 2 aliphatic carbocycles. The first-order chi connectivity index (χ1) is 6.89. The molecule has 2 aliphatic rings. The van der Waals surface area contributed by atoms with Gasteiger partial charge in [0.1, 0.15) is 11.1 Å². The standard InChI is InChI=1S/C10H13NO4/c1-9(2)5-3-4-10(9,8(13)14)7(12)6(5)11-15/h5,15H,3-4H2,1-2H3,(H,13,14)/b11-6-. The van der Waals surface area contributed by atoms with Gasteiger partial charge in [0.05, 0.1) is 0 Å². The van der Waals surface area contributed by atoms with Gasteiger partial charge in [-0.2, -0.15) is 0 Å². The Kier molecular flexibility index (Phi) is 1.75. The summed E-state index contributed by atoms with van der Waals surface area (Å²) in [4.78, 5) is 23.2.